The van der Waals surface area contributed by atoms with Gasteiger partial charge in [0.1, 0.15) is 0 Å². The fraction of sp³-hybridized carbons (Fsp3) is 0.444. The van der Waals surface area contributed by atoms with E-state index in [1.165, 1.54) is 0 Å². The Kier molecular flexibility index (Phi) is 6.18. The van der Waals surface area contributed by atoms with Crippen LogP contribution in [0.1, 0.15) is 0 Å². The lowest BCUT2D eigenvalue weighted by atomic mass is 10.5. The number of rotatable bonds is 6. The predicted molar refractivity (Wildman–Crippen MR) is 62.5 cm³/mol. The minimum Gasteiger partial charge on any atom is -0.379 e. The number of halogens is 1. The van der Waals surface area contributed by atoms with Crippen molar-refractivity contribution in [2.45, 2.75) is 5.03 Å². The molecule has 1 rings (SSSR count). The van der Waals surface area contributed by atoms with Crippen LogP contribution in [-0.2, 0) is 4.74 Å². The van der Waals surface area contributed by atoms with Crippen LogP contribution >= 0.6 is 27.7 Å². The van der Waals surface area contributed by atoms with Crippen LogP contribution in [0.2, 0.25) is 0 Å². The van der Waals surface area contributed by atoms with E-state index in [0.717, 1.165) is 21.9 Å². The number of nitrogens with two attached hydrogens (primary N) is 1. The molecule has 0 fully saturated rings. The van der Waals surface area contributed by atoms with Crippen LogP contribution in [0.5, 0.6) is 0 Å². The third-order valence-electron chi connectivity index (χ3n) is 1.44. The quantitative estimate of drug-likeness (QED) is 0.637. The molecule has 0 aromatic carbocycles. The Morgan fingerprint density at radius 1 is 1.43 bits per heavy atom. The van der Waals surface area contributed by atoms with Crippen molar-refractivity contribution >= 4 is 27.7 Å². The van der Waals surface area contributed by atoms with E-state index in [-0.39, 0.29) is 0 Å². The molecule has 1 aromatic rings. The van der Waals surface area contributed by atoms with Gasteiger partial charge in [-0.15, -0.1) is 11.8 Å². The zero-order chi connectivity index (χ0) is 10.2. The number of ether oxygens (including phenoxy) is 1. The summed E-state index contributed by atoms with van der Waals surface area (Å²) in [5.74, 6) is 0.911. The van der Waals surface area contributed by atoms with Crippen LogP contribution in [0.4, 0.5) is 0 Å². The summed E-state index contributed by atoms with van der Waals surface area (Å²) >= 11 is 5.02. The molecule has 1 aromatic heterocycles. The molecule has 0 radical (unpaired) electrons. The fourth-order valence-electron chi connectivity index (χ4n) is 0.838. The lowest BCUT2D eigenvalue weighted by molar-refractivity contribution is 0.158. The standard InChI is InChI=1S/C9H13BrN2OS/c10-8-1-2-9(12-7-8)14-6-5-13-4-3-11/h1-2,7H,3-6,11H2. The molecule has 0 spiro atoms. The summed E-state index contributed by atoms with van der Waals surface area (Å²) in [7, 11) is 0. The van der Waals surface area contributed by atoms with Gasteiger partial charge in [-0.05, 0) is 28.1 Å². The molecule has 0 amide bonds. The number of aromatic nitrogens is 1. The van der Waals surface area contributed by atoms with Gasteiger partial charge in [0.25, 0.3) is 0 Å². The first kappa shape index (κ1) is 12.0. The van der Waals surface area contributed by atoms with Crippen LogP contribution in [0.3, 0.4) is 0 Å². The molecule has 0 aliphatic carbocycles. The second-order valence-corrected chi connectivity index (χ2v) is 4.60. The molecule has 1 heterocycles. The summed E-state index contributed by atoms with van der Waals surface area (Å²) in [6.07, 6.45) is 1.79. The maximum absolute atomic E-state index is 5.29. The Morgan fingerprint density at radius 3 is 2.93 bits per heavy atom. The largest absolute Gasteiger partial charge is 0.379 e. The van der Waals surface area contributed by atoms with E-state index in [9.17, 15) is 0 Å². The van der Waals surface area contributed by atoms with E-state index in [0.29, 0.717) is 13.2 Å². The summed E-state index contributed by atoms with van der Waals surface area (Å²) in [6.45, 7) is 1.94. The average molecular weight is 277 g/mol. The second kappa shape index (κ2) is 7.23. The topological polar surface area (TPSA) is 48.1 Å². The first-order valence-corrected chi connectivity index (χ1v) is 6.13. The fourth-order valence-corrected chi connectivity index (χ4v) is 1.77. The van der Waals surface area contributed by atoms with Gasteiger partial charge in [0.05, 0.1) is 18.2 Å². The van der Waals surface area contributed by atoms with E-state index < -0.39 is 0 Å². The summed E-state index contributed by atoms with van der Waals surface area (Å²) in [5, 5.41) is 1.02. The number of nitrogens with zero attached hydrogens (tertiary/aromatic N) is 1. The van der Waals surface area contributed by atoms with Crippen LogP contribution in [0.25, 0.3) is 0 Å². The van der Waals surface area contributed by atoms with Crippen LogP contribution < -0.4 is 5.73 Å². The maximum atomic E-state index is 5.29. The van der Waals surface area contributed by atoms with Crippen molar-refractivity contribution in [1.82, 2.24) is 4.98 Å². The highest BCUT2D eigenvalue weighted by atomic mass is 79.9. The third kappa shape index (κ3) is 4.95. The van der Waals surface area contributed by atoms with Gasteiger partial charge < -0.3 is 10.5 Å². The molecule has 14 heavy (non-hydrogen) atoms. The van der Waals surface area contributed by atoms with Crippen LogP contribution in [-0.4, -0.2) is 30.5 Å². The van der Waals surface area contributed by atoms with Crippen molar-refractivity contribution in [3.05, 3.63) is 22.8 Å². The highest BCUT2D eigenvalue weighted by molar-refractivity contribution is 9.10. The van der Waals surface area contributed by atoms with Crippen molar-refractivity contribution in [2.24, 2.45) is 5.73 Å². The Morgan fingerprint density at radius 2 is 2.29 bits per heavy atom. The molecular weight excluding hydrogens is 264 g/mol. The number of hydrogen-bond acceptors (Lipinski definition) is 4. The van der Waals surface area contributed by atoms with Gasteiger partial charge in [-0.2, -0.15) is 0 Å². The Hall–Kier alpha value is -0.100. The maximum Gasteiger partial charge on any atom is 0.0961 e. The monoisotopic (exact) mass is 276 g/mol. The van der Waals surface area contributed by atoms with Gasteiger partial charge in [0, 0.05) is 23.0 Å². The second-order valence-electron chi connectivity index (χ2n) is 2.56. The van der Waals surface area contributed by atoms with Gasteiger partial charge in [0.15, 0.2) is 0 Å². The number of hydrogen-bond donors (Lipinski definition) is 1. The van der Waals surface area contributed by atoms with Crippen molar-refractivity contribution in [1.29, 1.82) is 0 Å². The minimum absolute atomic E-state index is 0.585. The Bertz CT molecular complexity index is 255. The van der Waals surface area contributed by atoms with Crippen molar-refractivity contribution < 1.29 is 4.74 Å². The lowest BCUT2D eigenvalue weighted by Crippen LogP contribution is -2.09. The number of pyridine rings is 1. The smallest absolute Gasteiger partial charge is 0.0961 e. The SMILES string of the molecule is NCCOCCSc1ccc(Br)cn1. The summed E-state index contributed by atoms with van der Waals surface area (Å²) in [6, 6.07) is 3.97. The highest BCUT2D eigenvalue weighted by Crippen LogP contribution is 2.16. The number of thioether (sulfide) groups is 1. The van der Waals surface area contributed by atoms with Gasteiger partial charge in [-0.25, -0.2) is 4.98 Å². The molecule has 0 bridgehead atoms. The molecule has 0 aliphatic rings. The zero-order valence-corrected chi connectivity index (χ0v) is 10.2. The zero-order valence-electron chi connectivity index (χ0n) is 7.78. The Labute approximate surface area is 96.6 Å². The normalized spacial score (nSPS) is 10.4. The Balaban J connectivity index is 2.15. The molecule has 0 atom stereocenters. The third-order valence-corrected chi connectivity index (χ3v) is 2.82. The predicted octanol–water partition coefficient (Wildman–Crippen LogP) is 1.91. The van der Waals surface area contributed by atoms with Gasteiger partial charge in [-0.3, -0.25) is 0 Å². The van der Waals surface area contributed by atoms with Gasteiger partial charge >= 0.3 is 0 Å². The van der Waals surface area contributed by atoms with E-state index >= 15 is 0 Å². The average Bonchev–Trinajstić information content (AvgIpc) is 2.21. The summed E-state index contributed by atoms with van der Waals surface area (Å²) in [5.41, 5.74) is 5.29. The molecule has 0 unspecified atom stereocenters. The molecule has 78 valence electrons. The van der Waals surface area contributed by atoms with E-state index in [2.05, 4.69) is 20.9 Å². The molecule has 0 saturated carbocycles. The highest BCUT2D eigenvalue weighted by Gasteiger charge is 1.95. The molecule has 0 aliphatic heterocycles. The van der Waals surface area contributed by atoms with E-state index in [1.54, 1.807) is 18.0 Å². The van der Waals surface area contributed by atoms with Gasteiger partial charge in [0.2, 0.25) is 0 Å². The first-order valence-electron chi connectivity index (χ1n) is 4.35. The van der Waals surface area contributed by atoms with Crippen molar-refractivity contribution in [3.63, 3.8) is 0 Å². The molecule has 3 nitrogen and oxygen atoms in total. The summed E-state index contributed by atoms with van der Waals surface area (Å²) in [4.78, 5) is 4.23. The van der Waals surface area contributed by atoms with E-state index in [4.69, 9.17) is 10.5 Å². The molecule has 5 heteroatoms. The van der Waals surface area contributed by atoms with Crippen molar-refractivity contribution in [2.75, 3.05) is 25.5 Å². The van der Waals surface area contributed by atoms with E-state index in [1.807, 2.05) is 12.1 Å². The lowest BCUT2D eigenvalue weighted by Gasteiger charge is -2.01. The minimum atomic E-state index is 0.585. The molecule has 0 saturated heterocycles. The molecular formula is C9H13BrN2OS. The van der Waals surface area contributed by atoms with Gasteiger partial charge in [-0.1, -0.05) is 0 Å². The van der Waals surface area contributed by atoms with Crippen LogP contribution in [0, 0.1) is 0 Å². The molecule has 2 N–H and O–H groups in total. The summed E-state index contributed by atoms with van der Waals surface area (Å²) < 4.78 is 6.25. The first-order chi connectivity index (χ1) is 6.83. The van der Waals surface area contributed by atoms with Crippen LogP contribution in [0.15, 0.2) is 27.8 Å². The van der Waals surface area contributed by atoms with Crippen molar-refractivity contribution in [3.8, 4) is 0 Å².